The molecule has 4 heteroatoms. The Balaban J connectivity index is 2.15. The van der Waals surface area contributed by atoms with E-state index in [2.05, 4.69) is 6.92 Å². The normalized spacial score (nSPS) is 28.0. The third-order valence-corrected chi connectivity index (χ3v) is 3.87. The zero-order chi connectivity index (χ0) is 13.1. The first-order chi connectivity index (χ1) is 8.58. The van der Waals surface area contributed by atoms with Crippen LogP contribution in [0, 0.1) is 22.0 Å². The molecule has 0 spiro atoms. The van der Waals surface area contributed by atoms with Crippen LogP contribution in [0.3, 0.4) is 0 Å². The third-order valence-electron chi connectivity index (χ3n) is 3.87. The van der Waals surface area contributed by atoms with Crippen LogP contribution in [0.5, 0.6) is 0 Å². The van der Waals surface area contributed by atoms with Crippen LogP contribution in [-0.2, 0) is 6.42 Å². The summed E-state index contributed by atoms with van der Waals surface area (Å²) in [5.41, 5.74) is 0.906. The van der Waals surface area contributed by atoms with E-state index in [1.807, 2.05) is 6.07 Å². The molecule has 4 nitrogen and oxygen atoms in total. The second-order valence-electron chi connectivity index (χ2n) is 5.34. The fourth-order valence-corrected chi connectivity index (χ4v) is 2.85. The van der Waals surface area contributed by atoms with Crippen molar-refractivity contribution >= 4 is 5.69 Å². The van der Waals surface area contributed by atoms with Gasteiger partial charge in [0.15, 0.2) is 0 Å². The summed E-state index contributed by atoms with van der Waals surface area (Å²) in [5, 5.41) is 21.0. The van der Waals surface area contributed by atoms with Gasteiger partial charge in [0.05, 0.1) is 11.0 Å². The molecule has 1 N–H and O–H groups in total. The average molecular weight is 249 g/mol. The molecule has 0 amide bonds. The molecule has 0 aliphatic heterocycles. The van der Waals surface area contributed by atoms with Crippen LogP contribution >= 0.6 is 0 Å². The number of nitro groups is 1. The number of nitrogens with zero attached hydrogens (tertiary/aromatic N) is 1. The predicted molar refractivity (Wildman–Crippen MR) is 69.3 cm³/mol. The number of hydrogen-bond acceptors (Lipinski definition) is 3. The van der Waals surface area contributed by atoms with Crippen molar-refractivity contribution in [2.24, 2.45) is 11.8 Å². The smallest absolute Gasteiger partial charge is 0.272 e. The van der Waals surface area contributed by atoms with Gasteiger partial charge in [-0.3, -0.25) is 10.1 Å². The summed E-state index contributed by atoms with van der Waals surface area (Å²) in [6, 6.07) is 6.83. The SMILES string of the molecule is CC1CCC(O)C(Cc2ccccc2[N+](=O)[O-])C1. The van der Waals surface area contributed by atoms with Gasteiger partial charge in [-0.05, 0) is 37.5 Å². The summed E-state index contributed by atoms with van der Waals surface area (Å²) < 4.78 is 0. The summed E-state index contributed by atoms with van der Waals surface area (Å²) >= 11 is 0. The van der Waals surface area contributed by atoms with Gasteiger partial charge in [0, 0.05) is 11.6 Å². The minimum Gasteiger partial charge on any atom is -0.393 e. The highest BCUT2D eigenvalue weighted by atomic mass is 16.6. The molecule has 0 radical (unpaired) electrons. The van der Waals surface area contributed by atoms with Crippen molar-refractivity contribution in [2.45, 2.75) is 38.7 Å². The first kappa shape index (κ1) is 13.0. The Labute approximate surface area is 107 Å². The number of hydrogen-bond donors (Lipinski definition) is 1. The van der Waals surface area contributed by atoms with Gasteiger partial charge < -0.3 is 5.11 Å². The van der Waals surface area contributed by atoms with Crippen LogP contribution in [0.1, 0.15) is 31.7 Å². The van der Waals surface area contributed by atoms with Gasteiger partial charge in [-0.1, -0.05) is 25.1 Å². The van der Waals surface area contributed by atoms with Crippen molar-refractivity contribution in [3.05, 3.63) is 39.9 Å². The Bertz CT molecular complexity index is 433. The topological polar surface area (TPSA) is 63.4 Å². The summed E-state index contributed by atoms with van der Waals surface area (Å²) in [4.78, 5) is 10.6. The molecule has 0 heterocycles. The Hall–Kier alpha value is -1.42. The molecule has 2 rings (SSSR count). The van der Waals surface area contributed by atoms with Crippen LogP contribution in [0.15, 0.2) is 24.3 Å². The third kappa shape index (κ3) is 2.88. The van der Waals surface area contributed by atoms with E-state index in [1.54, 1.807) is 12.1 Å². The van der Waals surface area contributed by atoms with Crippen LogP contribution in [0.2, 0.25) is 0 Å². The number of para-hydroxylation sites is 1. The second-order valence-corrected chi connectivity index (χ2v) is 5.34. The number of aliphatic hydroxyl groups excluding tert-OH is 1. The summed E-state index contributed by atoms with van der Waals surface area (Å²) in [5.74, 6) is 0.746. The van der Waals surface area contributed by atoms with Crippen molar-refractivity contribution < 1.29 is 10.0 Å². The minimum absolute atomic E-state index is 0.148. The van der Waals surface area contributed by atoms with Crippen LogP contribution in [-0.4, -0.2) is 16.1 Å². The molecule has 1 saturated carbocycles. The minimum atomic E-state index is -0.339. The zero-order valence-electron chi connectivity index (χ0n) is 10.6. The van der Waals surface area contributed by atoms with Crippen LogP contribution in [0.4, 0.5) is 5.69 Å². The maximum absolute atomic E-state index is 11.0. The molecule has 0 saturated heterocycles. The fourth-order valence-electron chi connectivity index (χ4n) is 2.85. The van der Waals surface area contributed by atoms with Crippen molar-refractivity contribution in [1.29, 1.82) is 0 Å². The standard InChI is InChI=1S/C14H19NO3/c1-10-6-7-14(16)12(8-10)9-11-4-2-3-5-13(11)15(17)18/h2-5,10,12,14,16H,6-9H2,1H3. The number of aliphatic hydroxyl groups is 1. The molecule has 1 aromatic rings. The number of benzene rings is 1. The van der Waals surface area contributed by atoms with Gasteiger partial charge in [-0.25, -0.2) is 0 Å². The zero-order valence-corrected chi connectivity index (χ0v) is 10.6. The monoisotopic (exact) mass is 249 g/mol. The first-order valence-corrected chi connectivity index (χ1v) is 6.48. The lowest BCUT2D eigenvalue weighted by molar-refractivity contribution is -0.385. The lowest BCUT2D eigenvalue weighted by Crippen LogP contribution is -2.29. The van der Waals surface area contributed by atoms with E-state index < -0.39 is 0 Å². The molecule has 3 atom stereocenters. The summed E-state index contributed by atoms with van der Waals surface area (Å²) in [7, 11) is 0. The molecule has 1 aromatic carbocycles. The summed E-state index contributed by atoms with van der Waals surface area (Å²) in [6.07, 6.45) is 3.10. The molecule has 0 aromatic heterocycles. The van der Waals surface area contributed by atoms with E-state index in [0.29, 0.717) is 12.3 Å². The van der Waals surface area contributed by atoms with E-state index >= 15 is 0 Å². The molecule has 3 unspecified atom stereocenters. The number of nitro benzene ring substituents is 1. The Kier molecular flexibility index (Phi) is 3.97. The molecular formula is C14H19NO3. The molecule has 1 aliphatic carbocycles. The highest BCUT2D eigenvalue weighted by molar-refractivity contribution is 5.40. The fraction of sp³-hybridized carbons (Fsp3) is 0.571. The lowest BCUT2D eigenvalue weighted by atomic mass is 9.77. The van der Waals surface area contributed by atoms with Crippen molar-refractivity contribution in [3.8, 4) is 0 Å². The average Bonchev–Trinajstić information content (AvgIpc) is 2.34. The molecule has 98 valence electrons. The van der Waals surface area contributed by atoms with Gasteiger partial charge in [0.2, 0.25) is 0 Å². The van der Waals surface area contributed by atoms with Gasteiger partial charge in [-0.15, -0.1) is 0 Å². The van der Waals surface area contributed by atoms with E-state index in [4.69, 9.17) is 0 Å². The van der Waals surface area contributed by atoms with E-state index in [0.717, 1.165) is 24.8 Å². The predicted octanol–water partition coefficient (Wildman–Crippen LogP) is 2.93. The Morgan fingerprint density at radius 1 is 1.39 bits per heavy atom. The van der Waals surface area contributed by atoms with Crippen LogP contribution < -0.4 is 0 Å². The molecule has 18 heavy (non-hydrogen) atoms. The maximum atomic E-state index is 11.0. The molecule has 1 fully saturated rings. The van der Waals surface area contributed by atoms with Gasteiger partial charge >= 0.3 is 0 Å². The highest BCUT2D eigenvalue weighted by Gasteiger charge is 2.28. The Morgan fingerprint density at radius 2 is 2.11 bits per heavy atom. The van der Waals surface area contributed by atoms with Gasteiger partial charge in [0.1, 0.15) is 0 Å². The molecule has 0 bridgehead atoms. The lowest BCUT2D eigenvalue weighted by Gasteiger charge is -2.31. The van der Waals surface area contributed by atoms with E-state index in [-0.39, 0.29) is 22.6 Å². The Morgan fingerprint density at radius 3 is 2.83 bits per heavy atom. The highest BCUT2D eigenvalue weighted by Crippen LogP contribution is 2.33. The maximum Gasteiger partial charge on any atom is 0.272 e. The molecule has 1 aliphatic rings. The van der Waals surface area contributed by atoms with E-state index in [1.165, 1.54) is 6.07 Å². The van der Waals surface area contributed by atoms with Gasteiger partial charge in [-0.2, -0.15) is 0 Å². The molecular weight excluding hydrogens is 230 g/mol. The van der Waals surface area contributed by atoms with Crippen molar-refractivity contribution in [1.82, 2.24) is 0 Å². The van der Waals surface area contributed by atoms with Crippen molar-refractivity contribution in [3.63, 3.8) is 0 Å². The largest absolute Gasteiger partial charge is 0.393 e. The van der Waals surface area contributed by atoms with Crippen molar-refractivity contribution in [2.75, 3.05) is 0 Å². The first-order valence-electron chi connectivity index (χ1n) is 6.48. The summed E-state index contributed by atoms with van der Waals surface area (Å²) in [6.45, 7) is 2.18. The van der Waals surface area contributed by atoms with Gasteiger partial charge in [0.25, 0.3) is 5.69 Å². The van der Waals surface area contributed by atoms with E-state index in [9.17, 15) is 15.2 Å². The second kappa shape index (κ2) is 5.48. The quantitative estimate of drug-likeness (QED) is 0.661. The van der Waals surface area contributed by atoms with Crippen LogP contribution in [0.25, 0.3) is 0 Å². The number of rotatable bonds is 3.